The van der Waals surface area contributed by atoms with E-state index in [1.165, 1.54) is 0 Å². The van der Waals surface area contributed by atoms with Crippen LogP contribution in [0.5, 0.6) is 0 Å². The first-order chi connectivity index (χ1) is 10.7. The number of anilines is 2. The number of urea groups is 1. The maximum atomic E-state index is 12.0. The highest BCUT2D eigenvalue weighted by Gasteiger charge is 2.17. The number of nitrogens with zero attached hydrogens (tertiary/aromatic N) is 2. The second-order valence-electron chi connectivity index (χ2n) is 5.11. The normalized spacial score (nSPS) is 15.5. The van der Waals surface area contributed by atoms with E-state index in [9.17, 15) is 4.79 Å². The molecule has 0 bridgehead atoms. The van der Waals surface area contributed by atoms with Gasteiger partial charge in [-0.15, -0.1) is 0 Å². The van der Waals surface area contributed by atoms with Crippen molar-refractivity contribution in [2.75, 3.05) is 23.8 Å². The maximum Gasteiger partial charge on any atom is 0.323 e. The lowest BCUT2D eigenvalue weighted by atomic mass is 10.1. The lowest BCUT2D eigenvalue weighted by Crippen LogP contribution is -2.20. The average molecular weight is 321 g/mol. The number of benzene rings is 1. The minimum Gasteiger partial charge on any atom is -0.381 e. The summed E-state index contributed by atoms with van der Waals surface area (Å²) in [5.41, 5.74) is 1.22. The number of rotatable bonds is 3. The van der Waals surface area contributed by atoms with Crippen molar-refractivity contribution in [3.8, 4) is 0 Å². The molecule has 6 nitrogen and oxygen atoms in total. The van der Waals surface area contributed by atoms with E-state index in [1.54, 1.807) is 18.3 Å². The Morgan fingerprint density at radius 1 is 1.27 bits per heavy atom. The molecule has 1 aliphatic heterocycles. The first-order valence-corrected chi connectivity index (χ1v) is 7.54. The Bertz CT molecular complexity index is 652. The van der Waals surface area contributed by atoms with E-state index >= 15 is 0 Å². The highest BCUT2D eigenvalue weighted by molar-refractivity contribution is 6.33. The largest absolute Gasteiger partial charge is 0.381 e. The van der Waals surface area contributed by atoms with Crippen LogP contribution in [0.3, 0.4) is 0 Å². The summed E-state index contributed by atoms with van der Waals surface area (Å²) >= 11 is 6.01. The SMILES string of the molecule is O=C(Nc1cnn(C2CCOCC2)c1)Nc1ccccc1Cl. The van der Waals surface area contributed by atoms with Crippen LogP contribution in [0.4, 0.5) is 16.2 Å². The van der Waals surface area contributed by atoms with Crippen LogP contribution >= 0.6 is 11.6 Å². The molecule has 0 unspecified atom stereocenters. The zero-order valence-corrected chi connectivity index (χ0v) is 12.7. The van der Waals surface area contributed by atoms with Crippen LogP contribution in [0.2, 0.25) is 5.02 Å². The molecule has 0 saturated carbocycles. The third-order valence-corrected chi connectivity index (χ3v) is 3.88. The first kappa shape index (κ1) is 14.9. The summed E-state index contributed by atoms with van der Waals surface area (Å²) in [4.78, 5) is 12.0. The van der Waals surface area contributed by atoms with Crippen molar-refractivity contribution >= 4 is 29.0 Å². The molecular formula is C15H17ClN4O2. The number of hydrogen-bond acceptors (Lipinski definition) is 3. The predicted molar refractivity (Wildman–Crippen MR) is 85.4 cm³/mol. The van der Waals surface area contributed by atoms with E-state index in [0.29, 0.717) is 22.4 Å². The molecule has 3 rings (SSSR count). The molecule has 2 N–H and O–H groups in total. The summed E-state index contributed by atoms with van der Waals surface area (Å²) in [5, 5.41) is 10.3. The van der Waals surface area contributed by atoms with Gasteiger partial charge in [0, 0.05) is 19.4 Å². The fourth-order valence-corrected chi connectivity index (χ4v) is 2.58. The Balaban J connectivity index is 1.60. The van der Waals surface area contributed by atoms with Crippen LogP contribution in [-0.4, -0.2) is 29.0 Å². The monoisotopic (exact) mass is 320 g/mol. The van der Waals surface area contributed by atoms with Gasteiger partial charge in [-0.1, -0.05) is 23.7 Å². The predicted octanol–water partition coefficient (Wildman–Crippen LogP) is 3.53. The van der Waals surface area contributed by atoms with Gasteiger partial charge in [-0.2, -0.15) is 5.10 Å². The van der Waals surface area contributed by atoms with Gasteiger partial charge in [0.05, 0.1) is 28.6 Å². The van der Waals surface area contributed by atoms with Crippen molar-refractivity contribution < 1.29 is 9.53 Å². The van der Waals surface area contributed by atoms with E-state index in [1.807, 2.05) is 23.0 Å². The number of halogens is 1. The zero-order valence-electron chi connectivity index (χ0n) is 12.0. The van der Waals surface area contributed by atoms with Gasteiger partial charge in [0.15, 0.2) is 0 Å². The number of aromatic nitrogens is 2. The van der Waals surface area contributed by atoms with Crippen LogP contribution in [0, 0.1) is 0 Å². The van der Waals surface area contributed by atoms with Gasteiger partial charge < -0.3 is 15.4 Å². The third kappa shape index (κ3) is 3.58. The number of carbonyl (C=O) groups is 1. The molecule has 2 heterocycles. The highest BCUT2D eigenvalue weighted by atomic mass is 35.5. The van der Waals surface area contributed by atoms with E-state index in [2.05, 4.69) is 15.7 Å². The maximum absolute atomic E-state index is 12.0. The molecule has 1 fully saturated rings. The summed E-state index contributed by atoms with van der Waals surface area (Å²) < 4.78 is 7.22. The molecule has 1 aromatic heterocycles. The van der Waals surface area contributed by atoms with Gasteiger partial charge in [-0.3, -0.25) is 4.68 Å². The second-order valence-corrected chi connectivity index (χ2v) is 5.52. The summed E-state index contributed by atoms with van der Waals surface area (Å²) in [5.74, 6) is 0. The molecule has 0 spiro atoms. The standard InChI is InChI=1S/C15H17ClN4O2/c16-13-3-1-2-4-14(13)19-15(21)18-11-9-17-20(10-11)12-5-7-22-8-6-12/h1-4,9-10,12H,5-8H2,(H2,18,19,21). The van der Waals surface area contributed by atoms with Crippen LogP contribution in [0.1, 0.15) is 18.9 Å². The molecule has 1 aliphatic rings. The average Bonchev–Trinajstić information content (AvgIpc) is 2.99. The minimum absolute atomic E-state index is 0.330. The Labute approximate surface area is 133 Å². The zero-order chi connectivity index (χ0) is 15.4. The lowest BCUT2D eigenvalue weighted by Gasteiger charge is -2.22. The van der Waals surface area contributed by atoms with Crippen molar-refractivity contribution in [1.29, 1.82) is 0 Å². The molecule has 116 valence electrons. The molecule has 2 amide bonds. The topological polar surface area (TPSA) is 68.2 Å². The fraction of sp³-hybridized carbons (Fsp3) is 0.333. The van der Waals surface area contributed by atoms with Gasteiger partial charge in [0.2, 0.25) is 0 Å². The van der Waals surface area contributed by atoms with Crippen LogP contribution in [0.15, 0.2) is 36.7 Å². The first-order valence-electron chi connectivity index (χ1n) is 7.17. The Morgan fingerprint density at radius 3 is 2.82 bits per heavy atom. The number of amides is 2. The summed E-state index contributed by atoms with van der Waals surface area (Å²) in [6.45, 7) is 1.50. The molecule has 22 heavy (non-hydrogen) atoms. The van der Waals surface area contributed by atoms with Gasteiger partial charge in [-0.25, -0.2) is 4.79 Å². The van der Waals surface area contributed by atoms with Crippen molar-refractivity contribution in [3.05, 3.63) is 41.7 Å². The minimum atomic E-state index is -0.348. The van der Waals surface area contributed by atoms with E-state index in [0.717, 1.165) is 26.1 Å². The number of para-hydroxylation sites is 1. The lowest BCUT2D eigenvalue weighted by molar-refractivity contribution is 0.0662. The van der Waals surface area contributed by atoms with E-state index in [4.69, 9.17) is 16.3 Å². The second kappa shape index (κ2) is 6.81. The van der Waals surface area contributed by atoms with Crippen LogP contribution in [-0.2, 0) is 4.74 Å². The van der Waals surface area contributed by atoms with Crippen molar-refractivity contribution in [2.45, 2.75) is 18.9 Å². The molecule has 2 aromatic rings. The Kier molecular flexibility index (Phi) is 4.60. The summed E-state index contributed by atoms with van der Waals surface area (Å²) in [7, 11) is 0. The number of hydrogen-bond donors (Lipinski definition) is 2. The molecule has 0 aliphatic carbocycles. The smallest absolute Gasteiger partial charge is 0.323 e. The molecule has 1 saturated heterocycles. The Morgan fingerprint density at radius 2 is 2.05 bits per heavy atom. The Hall–Kier alpha value is -2.05. The molecule has 0 radical (unpaired) electrons. The van der Waals surface area contributed by atoms with Gasteiger partial charge in [0.25, 0.3) is 0 Å². The van der Waals surface area contributed by atoms with Crippen molar-refractivity contribution in [3.63, 3.8) is 0 Å². The van der Waals surface area contributed by atoms with Gasteiger partial charge in [0.1, 0.15) is 0 Å². The summed E-state index contributed by atoms with van der Waals surface area (Å²) in [6.07, 6.45) is 5.35. The van der Waals surface area contributed by atoms with Crippen LogP contribution < -0.4 is 10.6 Å². The highest BCUT2D eigenvalue weighted by Crippen LogP contribution is 2.22. The number of carbonyl (C=O) groups excluding carboxylic acids is 1. The van der Waals surface area contributed by atoms with Gasteiger partial charge >= 0.3 is 6.03 Å². The van der Waals surface area contributed by atoms with E-state index in [-0.39, 0.29) is 6.03 Å². The molecule has 1 aromatic carbocycles. The summed E-state index contributed by atoms with van der Waals surface area (Å²) in [6, 6.07) is 7.07. The molecule has 0 atom stereocenters. The molecular weight excluding hydrogens is 304 g/mol. The van der Waals surface area contributed by atoms with Gasteiger partial charge in [-0.05, 0) is 25.0 Å². The number of nitrogens with one attached hydrogen (secondary N) is 2. The number of ether oxygens (including phenoxy) is 1. The van der Waals surface area contributed by atoms with E-state index < -0.39 is 0 Å². The van der Waals surface area contributed by atoms with Crippen molar-refractivity contribution in [2.24, 2.45) is 0 Å². The quantitative estimate of drug-likeness (QED) is 0.909. The third-order valence-electron chi connectivity index (χ3n) is 3.55. The van der Waals surface area contributed by atoms with Crippen molar-refractivity contribution in [1.82, 2.24) is 9.78 Å². The van der Waals surface area contributed by atoms with Crippen LogP contribution in [0.25, 0.3) is 0 Å². The molecule has 7 heteroatoms. The fourth-order valence-electron chi connectivity index (χ4n) is 2.40.